The monoisotopic (exact) mass is 412 g/mol. The minimum Gasteiger partial charge on any atom is -0.454 e. The van der Waals surface area contributed by atoms with Crippen LogP contribution in [-0.4, -0.2) is 22.4 Å². The fourth-order valence-corrected chi connectivity index (χ4v) is 3.32. The lowest BCUT2D eigenvalue weighted by Gasteiger charge is -2.22. The van der Waals surface area contributed by atoms with Crippen molar-refractivity contribution < 1.29 is 14.3 Å². The van der Waals surface area contributed by atoms with Crippen molar-refractivity contribution >= 4 is 57.2 Å². The topological polar surface area (TPSA) is 98.5 Å². The van der Waals surface area contributed by atoms with Crippen molar-refractivity contribution in [3.63, 3.8) is 0 Å². The van der Waals surface area contributed by atoms with E-state index in [0.717, 1.165) is 15.9 Å². The standard InChI is InChI=1S/C19H10Cl2N4O3/c20-13-5-11(25-18(27)8-17(26)16(9-22)24-25)6-14(21)19(13)28-12-2-1-10-3-4-23-15(10)7-12/h1-7,23H,8H2. The molecule has 7 nitrogen and oxygen atoms in total. The lowest BCUT2D eigenvalue weighted by molar-refractivity contribution is -0.124. The highest BCUT2D eigenvalue weighted by Crippen LogP contribution is 2.40. The minimum absolute atomic E-state index is 0.146. The van der Waals surface area contributed by atoms with Crippen LogP contribution in [0, 0.1) is 11.3 Å². The van der Waals surface area contributed by atoms with E-state index in [9.17, 15) is 9.59 Å². The number of halogens is 2. The maximum absolute atomic E-state index is 12.1. The number of amides is 1. The van der Waals surface area contributed by atoms with Crippen molar-refractivity contribution in [3.8, 4) is 17.6 Å². The Morgan fingerprint density at radius 2 is 1.89 bits per heavy atom. The molecule has 2 aromatic carbocycles. The third-order valence-electron chi connectivity index (χ3n) is 4.09. The number of hydrazone groups is 1. The van der Waals surface area contributed by atoms with Crippen LogP contribution in [0.1, 0.15) is 6.42 Å². The Morgan fingerprint density at radius 1 is 1.14 bits per heavy atom. The van der Waals surface area contributed by atoms with Crippen LogP contribution < -0.4 is 9.75 Å². The van der Waals surface area contributed by atoms with Crippen molar-refractivity contribution in [3.05, 3.63) is 52.6 Å². The molecule has 2 heterocycles. The average Bonchev–Trinajstić information content (AvgIpc) is 3.12. The zero-order chi connectivity index (χ0) is 19.8. The van der Waals surface area contributed by atoms with Gasteiger partial charge in [0.25, 0.3) is 5.91 Å². The van der Waals surface area contributed by atoms with Gasteiger partial charge in [-0.05, 0) is 35.7 Å². The number of hydrogen-bond donors (Lipinski definition) is 1. The Morgan fingerprint density at radius 3 is 2.61 bits per heavy atom. The highest BCUT2D eigenvalue weighted by atomic mass is 35.5. The number of H-pyrrole nitrogens is 1. The van der Waals surface area contributed by atoms with Crippen LogP contribution in [0.3, 0.4) is 0 Å². The molecule has 0 saturated heterocycles. The van der Waals surface area contributed by atoms with Crippen LogP contribution in [0.4, 0.5) is 5.69 Å². The first-order chi connectivity index (χ1) is 13.5. The van der Waals surface area contributed by atoms with Gasteiger partial charge < -0.3 is 9.72 Å². The average molecular weight is 413 g/mol. The Hall–Kier alpha value is -3.34. The van der Waals surface area contributed by atoms with Crippen LogP contribution >= 0.6 is 23.2 Å². The molecule has 0 radical (unpaired) electrons. The van der Waals surface area contributed by atoms with Crippen LogP contribution in [-0.2, 0) is 9.59 Å². The number of ketones is 1. The van der Waals surface area contributed by atoms with E-state index in [-0.39, 0.29) is 27.2 Å². The molecule has 0 bridgehead atoms. The van der Waals surface area contributed by atoms with Crippen molar-refractivity contribution in [2.75, 3.05) is 5.01 Å². The van der Waals surface area contributed by atoms with E-state index >= 15 is 0 Å². The van der Waals surface area contributed by atoms with Crippen LogP contribution in [0.15, 0.2) is 47.7 Å². The van der Waals surface area contributed by atoms with Gasteiger partial charge in [-0.3, -0.25) is 9.59 Å². The van der Waals surface area contributed by atoms with E-state index < -0.39 is 18.1 Å². The number of nitriles is 1. The van der Waals surface area contributed by atoms with Gasteiger partial charge in [-0.1, -0.05) is 23.2 Å². The summed E-state index contributed by atoms with van der Waals surface area (Å²) in [5, 5.41) is 15.0. The third-order valence-corrected chi connectivity index (χ3v) is 4.65. The van der Waals surface area contributed by atoms with E-state index in [1.54, 1.807) is 18.2 Å². The zero-order valence-corrected chi connectivity index (χ0v) is 15.6. The van der Waals surface area contributed by atoms with Crippen LogP contribution in [0.2, 0.25) is 10.0 Å². The molecule has 9 heteroatoms. The van der Waals surface area contributed by atoms with Gasteiger partial charge in [0.15, 0.2) is 5.75 Å². The maximum Gasteiger partial charge on any atom is 0.255 e. The molecule has 1 N–H and O–H groups in total. The molecule has 138 valence electrons. The van der Waals surface area contributed by atoms with Crippen molar-refractivity contribution in [1.82, 2.24) is 4.98 Å². The third kappa shape index (κ3) is 3.20. The lowest BCUT2D eigenvalue weighted by atomic mass is 10.1. The summed E-state index contributed by atoms with van der Waals surface area (Å²) in [4.78, 5) is 26.8. The molecule has 0 unspecified atom stereocenters. The summed E-state index contributed by atoms with van der Waals surface area (Å²) in [6, 6.07) is 11.9. The van der Waals surface area contributed by atoms with E-state index in [1.807, 2.05) is 18.3 Å². The molecule has 3 aromatic rings. The number of hydrogen-bond acceptors (Lipinski definition) is 5. The number of anilines is 1. The molecule has 0 fully saturated rings. The molecule has 0 saturated carbocycles. The highest BCUT2D eigenvalue weighted by Gasteiger charge is 2.29. The fourth-order valence-electron chi connectivity index (χ4n) is 2.77. The Labute approximate surface area is 168 Å². The molecule has 28 heavy (non-hydrogen) atoms. The van der Waals surface area contributed by atoms with Gasteiger partial charge >= 0.3 is 0 Å². The van der Waals surface area contributed by atoms with Gasteiger partial charge in [-0.25, -0.2) is 0 Å². The second-order valence-electron chi connectivity index (χ2n) is 5.93. The molecule has 1 aliphatic rings. The number of ether oxygens (including phenoxy) is 1. The van der Waals surface area contributed by atoms with Gasteiger partial charge in [0.05, 0.1) is 22.2 Å². The summed E-state index contributed by atoms with van der Waals surface area (Å²) >= 11 is 12.6. The van der Waals surface area contributed by atoms with Gasteiger partial charge in [-0.15, -0.1) is 0 Å². The first-order valence-electron chi connectivity index (χ1n) is 8.05. The Kier molecular flexibility index (Phi) is 4.51. The first kappa shape index (κ1) is 18.0. The maximum atomic E-state index is 12.1. The number of carbonyl (C=O) groups excluding carboxylic acids is 2. The predicted molar refractivity (Wildman–Crippen MR) is 105 cm³/mol. The van der Waals surface area contributed by atoms with Crippen molar-refractivity contribution in [2.45, 2.75) is 6.42 Å². The molecular formula is C19H10Cl2N4O3. The predicted octanol–water partition coefficient (Wildman–Crippen LogP) is 4.45. The van der Waals surface area contributed by atoms with E-state index in [2.05, 4.69) is 10.1 Å². The molecule has 0 spiro atoms. The molecule has 4 rings (SSSR count). The molecule has 1 aliphatic heterocycles. The SMILES string of the molecule is N#CC1=NN(c2cc(Cl)c(Oc3ccc4cc[nH]c4c3)c(Cl)c2)C(=O)CC1=O. The number of carbonyl (C=O) groups is 2. The number of aromatic nitrogens is 1. The highest BCUT2D eigenvalue weighted by molar-refractivity contribution is 6.50. The normalized spacial score (nSPS) is 14.2. The quantitative estimate of drug-likeness (QED) is 0.642. The number of rotatable bonds is 3. The summed E-state index contributed by atoms with van der Waals surface area (Å²) in [6.45, 7) is 0. The van der Waals surface area contributed by atoms with Gasteiger partial charge in [0.1, 0.15) is 11.8 Å². The zero-order valence-electron chi connectivity index (χ0n) is 14.1. The Bertz CT molecular complexity index is 1190. The minimum atomic E-state index is -0.624. The number of Topliss-reactive ketones (excluding diaryl/α,β-unsaturated/α-hetero) is 1. The molecule has 0 aliphatic carbocycles. The number of nitrogens with one attached hydrogen (secondary N) is 1. The Balaban J connectivity index is 1.68. The van der Waals surface area contributed by atoms with Gasteiger partial charge in [0, 0.05) is 17.8 Å². The van der Waals surface area contributed by atoms with Crippen molar-refractivity contribution in [2.24, 2.45) is 5.10 Å². The number of aromatic amines is 1. The van der Waals surface area contributed by atoms with E-state index in [1.165, 1.54) is 12.1 Å². The van der Waals surface area contributed by atoms with Gasteiger partial charge in [0.2, 0.25) is 11.5 Å². The lowest BCUT2D eigenvalue weighted by Crippen LogP contribution is -2.36. The molecule has 0 atom stereocenters. The molecular weight excluding hydrogens is 403 g/mol. The number of nitrogens with zero attached hydrogens (tertiary/aromatic N) is 3. The number of fused-ring (bicyclic) bond motifs is 1. The summed E-state index contributed by atoms with van der Waals surface area (Å²) < 4.78 is 5.82. The molecule has 1 aromatic heterocycles. The van der Waals surface area contributed by atoms with Crippen LogP contribution in [0.25, 0.3) is 10.9 Å². The van der Waals surface area contributed by atoms with Crippen LogP contribution in [0.5, 0.6) is 11.5 Å². The summed E-state index contributed by atoms with van der Waals surface area (Å²) in [5.41, 5.74) is 0.766. The fraction of sp³-hybridized carbons (Fsp3) is 0.0526. The second kappa shape index (κ2) is 7.00. The van der Waals surface area contributed by atoms with Gasteiger partial charge in [-0.2, -0.15) is 15.4 Å². The largest absolute Gasteiger partial charge is 0.454 e. The molecule has 1 amide bonds. The first-order valence-corrected chi connectivity index (χ1v) is 8.81. The summed E-state index contributed by atoms with van der Waals surface area (Å²) in [5.74, 6) is -0.471. The second-order valence-corrected chi connectivity index (χ2v) is 6.75. The van der Waals surface area contributed by atoms with Crippen molar-refractivity contribution in [1.29, 1.82) is 5.26 Å². The smallest absolute Gasteiger partial charge is 0.255 e. The van der Waals surface area contributed by atoms with E-state index in [4.69, 9.17) is 33.2 Å². The number of benzene rings is 2. The van der Waals surface area contributed by atoms with E-state index in [0.29, 0.717) is 5.75 Å². The summed E-state index contributed by atoms with van der Waals surface area (Å²) in [7, 11) is 0. The summed E-state index contributed by atoms with van der Waals surface area (Å²) in [6.07, 6.45) is 1.37.